The Hall–Kier alpha value is -1.63. The molecule has 0 spiro atoms. The van der Waals surface area contributed by atoms with E-state index in [1.54, 1.807) is 0 Å². The Morgan fingerprint density at radius 2 is 1.96 bits per heavy atom. The number of benzene rings is 1. The minimum Gasteiger partial charge on any atom is -0.379 e. The molecule has 3 rings (SSSR count). The van der Waals surface area contributed by atoms with Gasteiger partial charge in [0.25, 0.3) is 0 Å². The van der Waals surface area contributed by atoms with Gasteiger partial charge in [-0.2, -0.15) is 0 Å². The van der Waals surface area contributed by atoms with Crippen LogP contribution in [0, 0.1) is 5.92 Å². The molecular weight excluding hydrogens is 340 g/mol. The summed E-state index contributed by atoms with van der Waals surface area (Å²) >= 11 is 0. The summed E-state index contributed by atoms with van der Waals surface area (Å²) in [6.07, 6.45) is 2.43. The van der Waals surface area contributed by atoms with E-state index in [-0.39, 0.29) is 6.10 Å². The topological polar surface area (TPSA) is 58.1 Å². The molecule has 2 aliphatic rings. The number of nitrogens with one attached hydrogen (secondary N) is 2. The smallest absolute Gasteiger partial charge is 0.191 e. The van der Waals surface area contributed by atoms with Crippen molar-refractivity contribution in [2.45, 2.75) is 25.9 Å². The van der Waals surface area contributed by atoms with Gasteiger partial charge in [-0.3, -0.25) is 9.89 Å². The first-order valence-electron chi connectivity index (χ1n) is 10.4. The molecule has 2 saturated heterocycles. The van der Waals surface area contributed by atoms with Crippen LogP contribution in [0.2, 0.25) is 0 Å². The van der Waals surface area contributed by atoms with Crippen LogP contribution in [-0.2, 0) is 9.47 Å². The van der Waals surface area contributed by atoms with Crippen LogP contribution in [0.4, 0.5) is 0 Å². The van der Waals surface area contributed by atoms with Crippen molar-refractivity contribution in [3.63, 3.8) is 0 Å². The van der Waals surface area contributed by atoms with Crippen molar-refractivity contribution >= 4 is 5.96 Å². The minimum absolute atomic E-state index is 0.153. The van der Waals surface area contributed by atoms with Crippen LogP contribution in [0.3, 0.4) is 0 Å². The maximum Gasteiger partial charge on any atom is 0.191 e. The van der Waals surface area contributed by atoms with E-state index in [4.69, 9.17) is 14.5 Å². The standard InChI is InChI=1S/C21H34N4O2/c1-2-22-21(23-10-11-25-12-15-26-16-13-25)24-17-19-9-6-14-27-20(19)18-7-4-3-5-8-18/h3-5,7-8,19-20H,2,6,9-17H2,1H3,(H2,22,23,24). The Morgan fingerprint density at radius 3 is 2.74 bits per heavy atom. The molecule has 0 aromatic heterocycles. The second-order valence-corrected chi connectivity index (χ2v) is 7.20. The third-order valence-electron chi connectivity index (χ3n) is 5.23. The van der Waals surface area contributed by atoms with Gasteiger partial charge in [-0.15, -0.1) is 0 Å². The Labute approximate surface area is 163 Å². The van der Waals surface area contributed by atoms with Crippen molar-refractivity contribution in [1.29, 1.82) is 0 Å². The lowest BCUT2D eigenvalue weighted by Crippen LogP contribution is -2.44. The molecule has 6 nitrogen and oxygen atoms in total. The summed E-state index contributed by atoms with van der Waals surface area (Å²) < 4.78 is 11.5. The predicted molar refractivity (Wildman–Crippen MR) is 109 cm³/mol. The predicted octanol–water partition coefficient (Wildman–Crippen LogP) is 2.04. The van der Waals surface area contributed by atoms with Gasteiger partial charge in [-0.1, -0.05) is 30.3 Å². The van der Waals surface area contributed by atoms with E-state index >= 15 is 0 Å². The zero-order chi connectivity index (χ0) is 18.7. The lowest BCUT2D eigenvalue weighted by atomic mass is 9.89. The number of aliphatic imine (C=N–C) groups is 1. The van der Waals surface area contributed by atoms with E-state index in [1.165, 1.54) is 5.56 Å². The van der Waals surface area contributed by atoms with Crippen LogP contribution >= 0.6 is 0 Å². The third-order valence-corrected chi connectivity index (χ3v) is 5.23. The molecule has 1 aromatic carbocycles. The lowest BCUT2D eigenvalue weighted by molar-refractivity contribution is -0.0250. The highest BCUT2D eigenvalue weighted by atomic mass is 16.5. The van der Waals surface area contributed by atoms with Gasteiger partial charge in [0.15, 0.2) is 5.96 Å². The van der Waals surface area contributed by atoms with E-state index in [9.17, 15) is 0 Å². The van der Waals surface area contributed by atoms with Crippen molar-refractivity contribution in [2.75, 3.05) is 59.1 Å². The number of hydrogen-bond donors (Lipinski definition) is 2. The average molecular weight is 375 g/mol. The number of hydrogen-bond acceptors (Lipinski definition) is 4. The van der Waals surface area contributed by atoms with Crippen molar-refractivity contribution in [2.24, 2.45) is 10.9 Å². The highest BCUT2D eigenvalue weighted by molar-refractivity contribution is 5.79. The van der Waals surface area contributed by atoms with Gasteiger partial charge in [-0.05, 0) is 25.3 Å². The Bertz CT molecular complexity index is 561. The van der Waals surface area contributed by atoms with Crippen molar-refractivity contribution in [1.82, 2.24) is 15.5 Å². The number of ether oxygens (including phenoxy) is 2. The molecule has 1 aromatic rings. The first kappa shape index (κ1) is 20.1. The van der Waals surface area contributed by atoms with E-state index in [0.717, 1.165) is 77.9 Å². The van der Waals surface area contributed by atoms with Gasteiger partial charge in [0.05, 0.1) is 19.3 Å². The zero-order valence-corrected chi connectivity index (χ0v) is 16.5. The van der Waals surface area contributed by atoms with Crippen LogP contribution in [0.1, 0.15) is 31.4 Å². The van der Waals surface area contributed by atoms with Crippen LogP contribution in [0.5, 0.6) is 0 Å². The van der Waals surface area contributed by atoms with Gasteiger partial charge in [0.2, 0.25) is 0 Å². The maximum absolute atomic E-state index is 6.10. The number of nitrogens with zero attached hydrogens (tertiary/aromatic N) is 2. The first-order valence-corrected chi connectivity index (χ1v) is 10.4. The van der Waals surface area contributed by atoms with E-state index in [0.29, 0.717) is 5.92 Å². The van der Waals surface area contributed by atoms with Gasteiger partial charge in [0, 0.05) is 51.8 Å². The SMILES string of the molecule is CCNC(=NCC1CCCOC1c1ccccc1)NCCN1CCOCC1. The summed E-state index contributed by atoms with van der Waals surface area (Å²) in [5, 5.41) is 6.85. The van der Waals surface area contributed by atoms with Gasteiger partial charge < -0.3 is 20.1 Å². The molecule has 2 atom stereocenters. The molecular formula is C21H34N4O2. The molecule has 6 heteroatoms. The summed E-state index contributed by atoms with van der Waals surface area (Å²) in [6, 6.07) is 10.6. The molecule has 0 saturated carbocycles. The fourth-order valence-electron chi connectivity index (χ4n) is 3.75. The van der Waals surface area contributed by atoms with Crippen LogP contribution in [0.15, 0.2) is 35.3 Å². The molecule has 27 heavy (non-hydrogen) atoms. The largest absolute Gasteiger partial charge is 0.379 e. The van der Waals surface area contributed by atoms with Crippen LogP contribution in [-0.4, -0.2) is 69.9 Å². The molecule has 150 valence electrons. The lowest BCUT2D eigenvalue weighted by Gasteiger charge is -2.31. The van der Waals surface area contributed by atoms with Gasteiger partial charge >= 0.3 is 0 Å². The van der Waals surface area contributed by atoms with Crippen LogP contribution in [0.25, 0.3) is 0 Å². The normalized spacial score (nSPS) is 24.6. The fraction of sp³-hybridized carbons (Fsp3) is 0.667. The molecule has 2 N–H and O–H groups in total. The molecule has 2 aliphatic heterocycles. The zero-order valence-electron chi connectivity index (χ0n) is 16.5. The Morgan fingerprint density at radius 1 is 1.15 bits per heavy atom. The molecule has 2 heterocycles. The quantitative estimate of drug-likeness (QED) is 0.565. The number of rotatable bonds is 7. The second-order valence-electron chi connectivity index (χ2n) is 7.20. The second kappa shape index (κ2) is 11.3. The van der Waals surface area contributed by atoms with Crippen molar-refractivity contribution in [3.05, 3.63) is 35.9 Å². The summed E-state index contributed by atoms with van der Waals surface area (Å²) in [5.74, 6) is 1.33. The highest BCUT2D eigenvalue weighted by Crippen LogP contribution is 2.33. The minimum atomic E-state index is 0.153. The third kappa shape index (κ3) is 6.48. The summed E-state index contributed by atoms with van der Waals surface area (Å²) in [6.45, 7) is 10.3. The highest BCUT2D eigenvalue weighted by Gasteiger charge is 2.27. The Balaban J connectivity index is 1.52. The van der Waals surface area contributed by atoms with Gasteiger partial charge in [0.1, 0.15) is 0 Å². The van der Waals surface area contributed by atoms with E-state index in [1.807, 2.05) is 0 Å². The molecule has 0 bridgehead atoms. The van der Waals surface area contributed by atoms with Gasteiger partial charge in [-0.25, -0.2) is 0 Å². The first-order chi connectivity index (χ1) is 13.4. The summed E-state index contributed by atoms with van der Waals surface area (Å²) in [7, 11) is 0. The Kier molecular flexibility index (Phi) is 8.39. The van der Waals surface area contributed by atoms with E-state index in [2.05, 4.69) is 52.8 Å². The molecule has 0 radical (unpaired) electrons. The van der Waals surface area contributed by atoms with Crippen molar-refractivity contribution < 1.29 is 9.47 Å². The number of morpholine rings is 1. The average Bonchev–Trinajstić information content (AvgIpc) is 2.74. The maximum atomic E-state index is 6.10. The summed E-state index contributed by atoms with van der Waals surface area (Å²) in [5.41, 5.74) is 1.27. The van der Waals surface area contributed by atoms with Crippen molar-refractivity contribution in [3.8, 4) is 0 Å². The van der Waals surface area contributed by atoms with E-state index < -0.39 is 0 Å². The summed E-state index contributed by atoms with van der Waals surface area (Å²) in [4.78, 5) is 7.30. The monoisotopic (exact) mass is 374 g/mol. The fourth-order valence-corrected chi connectivity index (χ4v) is 3.75. The molecule has 0 amide bonds. The van der Waals surface area contributed by atoms with Crippen LogP contribution < -0.4 is 10.6 Å². The molecule has 0 aliphatic carbocycles. The molecule has 2 unspecified atom stereocenters. The number of guanidine groups is 1. The molecule has 2 fully saturated rings.